The average molecular weight is 494 g/mol. The van der Waals surface area contributed by atoms with E-state index in [1.165, 1.54) is 11.3 Å². The number of thiazole rings is 1. The van der Waals surface area contributed by atoms with E-state index < -0.39 is 0 Å². The molecule has 0 aliphatic rings. The van der Waals surface area contributed by atoms with Crippen LogP contribution in [0.25, 0.3) is 10.9 Å². The van der Waals surface area contributed by atoms with E-state index in [1.807, 2.05) is 57.2 Å². The molecule has 4 aromatic rings. The number of benzene rings is 2. The fourth-order valence-electron chi connectivity index (χ4n) is 3.42. The maximum atomic E-state index is 12.4. The van der Waals surface area contributed by atoms with Crippen LogP contribution in [-0.4, -0.2) is 40.7 Å². The van der Waals surface area contributed by atoms with Gasteiger partial charge in [-0.3, -0.25) is 4.79 Å². The minimum atomic E-state index is -0.258. The Hall–Kier alpha value is -3.76. The van der Waals surface area contributed by atoms with Gasteiger partial charge in [-0.25, -0.2) is 15.0 Å². The molecule has 2 aromatic carbocycles. The molecule has 0 radical (unpaired) electrons. The first kappa shape index (κ1) is 24.4. The van der Waals surface area contributed by atoms with Crippen molar-refractivity contribution in [2.75, 3.05) is 24.4 Å². The molecule has 0 atom stereocenters. The molecule has 10 heteroatoms. The van der Waals surface area contributed by atoms with Crippen LogP contribution in [0, 0.1) is 0 Å². The van der Waals surface area contributed by atoms with E-state index in [0.717, 1.165) is 11.1 Å². The first-order chi connectivity index (χ1) is 17.0. The fourth-order valence-corrected chi connectivity index (χ4v) is 3.95. The zero-order valence-electron chi connectivity index (χ0n) is 20.0. The summed E-state index contributed by atoms with van der Waals surface area (Å²) in [6, 6.07) is 11.1. The summed E-state index contributed by atoms with van der Waals surface area (Å²) in [7, 11) is 1.60. The van der Waals surface area contributed by atoms with Gasteiger partial charge in [-0.1, -0.05) is 6.07 Å². The second-order valence-electron chi connectivity index (χ2n) is 7.83. The Bertz CT molecular complexity index is 1310. The van der Waals surface area contributed by atoms with E-state index in [1.54, 1.807) is 18.7 Å². The van der Waals surface area contributed by atoms with Gasteiger partial charge in [0.1, 0.15) is 12.4 Å². The van der Waals surface area contributed by atoms with Crippen LogP contribution in [-0.2, 0) is 11.3 Å². The number of methoxy groups -OCH3 is 1. The standard InChI is InChI=1S/C25H27N5O4S/c1-5-33-20-12-18-19(13-21(20)34-15(2)3)29-22(14-32-4)30-23(18)27-16-7-6-8-17(11-16)28-24(31)25-26-9-10-35-25/h6-13,15H,5,14H2,1-4H3,(H,28,31)(H,27,29,30). The molecule has 0 unspecified atom stereocenters. The van der Waals surface area contributed by atoms with E-state index >= 15 is 0 Å². The number of carbonyl (C=O) groups excluding carboxylic acids is 1. The number of hydrogen-bond acceptors (Lipinski definition) is 9. The lowest BCUT2D eigenvalue weighted by atomic mass is 10.2. The molecule has 9 nitrogen and oxygen atoms in total. The molecule has 0 aliphatic carbocycles. The highest BCUT2D eigenvalue weighted by Crippen LogP contribution is 2.36. The molecule has 182 valence electrons. The Morgan fingerprint density at radius 2 is 1.94 bits per heavy atom. The van der Waals surface area contributed by atoms with Gasteiger partial charge in [0, 0.05) is 41.5 Å². The van der Waals surface area contributed by atoms with Crippen molar-refractivity contribution in [3.8, 4) is 11.5 Å². The summed E-state index contributed by atoms with van der Waals surface area (Å²) in [6.07, 6.45) is 1.58. The molecule has 0 fully saturated rings. The number of ether oxygens (including phenoxy) is 3. The van der Waals surface area contributed by atoms with Crippen molar-refractivity contribution >= 4 is 45.3 Å². The second kappa shape index (κ2) is 11.1. The highest BCUT2D eigenvalue weighted by atomic mass is 32.1. The lowest BCUT2D eigenvalue weighted by molar-refractivity contribution is 0.102. The predicted molar refractivity (Wildman–Crippen MR) is 137 cm³/mol. The minimum Gasteiger partial charge on any atom is -0.490 e. The lowest BCUT2D eigenvalue weighted by Gasteiger charge is -2.17. The molecular formula is C25H27N5O4S. The number of hydrogen-bond donors (Lipinski definition) is 2. The molecule has 1 amide bonds. The molecule has 35 heavy (non-hydrogen) atoms. The fraction of sp³-hybridized carbons (Fsp3) is 0.280. The molecule has 0 aliphatic heterocycles. The van der Waals surface area contributed by atoms with E-state index in [2.05, 4.69) is 25.6 Å². The summed E-state index contributed by atoms with van der Waals surface area (Å²) in [5, 5.41) is 9.16. The monoisotopic (exact) mass is 493 g/mol. The first-order valence-corrected chi connectivity index (χ1v) is 12.1. The van der Waals surface area contributed by atoms with Gasteiger partial charge >= 0.3 is 0 Å². The van der Waals surface area contributed by atoms with Crippen LogP contribution < -0.4 is 20.1 Å². The third kappa shape index (κ3) is 6.03. The summed E-state index contributed by atoms with van der Waals surface area (Å²) < 4.78 is 17.1. The molecular weight excluding hydrogens is 466 g/mol. The van der Waals surface area contributed by atoms with Crippen molar-refractivity contribution in [3.05, 3.63) is 58.8 Å². The summed E-state index contributed by atoms with van der Waals surface area (Å²) in [5.74, 6) is 2.09. The van der Waals surface area contributed by atoms with Crippen molar-refractivity contribution in [2.24, 2.45) is 0 Å². The molecule has 0 saturated carbocycles. The van der Waals surface area contributed by atoms with Crippen LogP contribution in [0.1, 0.15) is 36.4 Å². The number of rotatable bonds is 10. The van der Waals surface area contributed by atoms with E-state index in [9.17, 15) is 4.79 Å². The Labute approximate surface area is 207 Å². The van der Waals surface area contributed by atoms with Crippen molar-refractivity contribution in [1.82, 2.24) is 15.0 Å². The largest absolute Gasteiger partial charge is 0.490 e. The summed E-state index contributed by atoms with van der Waals surface area (Å²) in [5.41, 5.74) is 2.07. The Kier molecular flexibility index (Phi) is 7.74. The highest BCUT2D eigenvalue weighted by molar-refractivity contribution is 7.11. The number of nitrogens with zero attached hydrogens (tertiary/aromatic N) is 3. The number of anilines is 3. The van der Waals surface area contributed by atoms with E-state index in [0.29, 0.717) is 46.0 Å². The molecule has 0 bridgehead atoms. The van der Waals surface area contributed by atoms with Gasteiger partial charge in [-0.15, -0.1) is 11.3 Å². The van der Waals surface area contributed by atoms with Gasteiger partial charge in [-0.05, 0) is 45.0 Å². The van der Waals surface area contributed by atoms with Gasteiger partial charge in [0.2, 0.25) is 0 Å². The number of aromatic nitrogens is 3. The molecule has 4 rings (SSSR count). The van der Waals surface area contributed by atoms with Crippen LogP contribution in [0.2, 0.25) is 0 Å². The molecule has 2 aromatic heterocycles. The van der Waals surface area contributed by atoms with Crippen molar-refractivity contribution in [2.45, 2.75) is 33.5 Å². The maximum Gasteiger partial charge on any atom is 0.284 e. The summed E-state index contributed by atoms with van der Waals surface area (Å²) in [6.45, 7) is 6.59. The Morgan fingerprint density at radius 3 is 2.66 bits per heavy atom. The smallest absolute Gasteiger partial charge is 0.284 e. The van der Waals surface area contributed by atoms with Crippen LogP contribution in [0.3, 0.4) is 0 Å². The number of amides is 1. The Balaban J connectivity index is 1.70. The Morgan fingerprint density at radius 1 is 1.11 bits per heavy atom. The predicted octanol–water partition coefficient (Wildman–Crippen LogP) is 5.41. The van der Waals surface area contributed by atoms with Crippen molar-refractivity contribution in [1.29, 1.82) is 0 Å². The zero-order chi connectivity index (χ0) is 24.8. The van der Waals surface area contributed by atoms with Crippen LogP contribution >= 0.6 is 11.3 Å². The van der Waals surface area contributed by atoms with Gasteiger partial charge in [0.05, 0.1) is 18.2 Å². The minimum absolute atomic E-state index is 0.0214. The van der Waals surface area contributed by atoms with Crippen molar-refractivity contribution < 1.29 is 19.0 Å². The van der Waals surface area contributed by atoms with Crippen LogP contribution in [0.5, 0.6) is 11.5 Å². The third-order valence-electron chi connectivity index (χ3n) is 4.75. The molecule has 0 saturated heterocycles. The number of nitrogens with one attached hydrogen (secondary N) is 2. The lowest BCUT2D eigenvalue weighted by Crippen LogP contribution is -2.11. The topological polar surface area (TPSA) is 107 Å². The second-order valence-corrected chi connectivity index (χ2v) is 8.73. The molecule has 0 spiro atoms. The quantitative estimate of drug-likeness (QED) is 0.302. The first-order valence-electron chi connectivity index (χ1n) is 11.2. The summed E-state index contributed by atoms with van der Waals surface area (Å²) >= 11 is 1.28. The van der Waals surface area contributed by atoms with Crippen molar-refractivity contribution in [3.63, 3.8) is 0 Å². The SMILES string of the molecule is CCOc1cc2c(Nc3cccc(NC(=O)c4nccs4)c3)nc(COC)nc2cc1OC(C)C. The maximum absolute atomic E-state index is 12.4. The van der Waals surface area contributed by atoms with Gasteiger partial charge in [0.15, 0.2) is 22.3 Å². The number of carbonyl (C=O) groups is 1. The van der Waals surface area contributed by atoms with Gasteiger partial charge in [0.25, 0.3) is 5.91 Å². The number of fused-ring (bicyclic) bond motifs is 1. The molecule has 2 heterocycles. The summed E-state index contributed by atoms with van der Waals surface area (Å²) in [4.78, 5) is 25.8. The highest BCUT2D eigenvalue weighted by Gasteiger charge is 2.16. The zero-order valence-corrected chi connectivity index (χ0v) is 20.8. The normalized spacial score (nSPS) is 11.0. The molecule has 2 N–H and O–H groups in total. The van der Waals surface area contributed by atoms with E-state index in [-0.39, 0.29) is 18.6 Å². The van der Waals surface area contributed by atoms with E-state index in [4.69, 9.17) is 14.2 Å². The average Bonchev–Trinajstić information content (AvgIpc) is 3.35. The van der Waals surface area contributed by atoms with Gasteiger partial charge < -0.3 is 24.8 Å². The third-order valence-corrected chi connectivity index (χ3v) is 5.53. The van der Waals surface area contributed by atoms with Gasteiger partial charge in [-0.2, -0.15) is 0 Å². The van der Waals surface area contributed by atoms with Crippen LogP contribution in [0.4, 0.5) is 17.2 Å². The van der Waals surface area contributed by atoms with Crippen LogP contribution in [0.15, 0.2) is 48.0 Å².